The highest BCUT2D eigenvalue weighted by Gasteiger charge is 2.24. The third kappa shape index (κ3) is 2.46. The number of aliphatic hydroxyl groups is 1. The van der Waals surface area contributed by atoms with Crippen LogP contribution in [0, 0.1) is 0 Å². The molecule has 2 heterocycles. The summed E-state index contributed by atoms with van der Waals surface area (Å²) in [6.45, 7) is 1.78. The quantitative estimate of drug-likeness (QED) is 0.770. The maximum absolute atomic E-state index is 9.91. The van der Waals surface area contributed by atoms with Gasteiger partial charge in [-0.2, -0.15) is 0 Å². The van der Waals surface area contributed by atoms with Crippen molar-refractivity contribution in [3.05, 3.63) is 42.6 Å². The monoisotopic (exact) mass is 230 g/mol. The van der Waals surface area contributed by atoms with E-state index >= 15 is 0 Å². The van der Waals surface area contributed by atoms with Crippen molar-refractivity contribution in [3.8, 4) is 11.3 Å². The van der Waals surface area contributed by atoms with E-state index in [0.29, 0.717) is 6.42 Å². The number of pyridine rings is 1. The van der Waals surface area contributed by atoms with Crippen molar-refractivity contribution in [2.75, 3.05) is 0 Å². The van der Waals surface area contributed by atoms with Gasteiger partial charge in [0, 0.05) is 24.2 Å². The van der Waals surface area contributed by atoms with Gasteiger partial charge in [0.15, 0.2) is 11.5 Å². The molecule has 0 aromatic carbocycles. The van der Waals surface area contributed by atoms with Gasteiger partial charge in [-0.15, -0.1) is 0 Å². The molecule has 1 atom stereocenters. The van der Waals surface area contributed by atoms with Crippen LogP contribution in [-0.4, -0.2) is 20.1 Å². The van der Waals surface area contributed by atoms with Crippen LogP contribution in [0.1, 0.15) is 19.2 Å². The van der Waals surface area contributed by atoms with Crippen molar-refractivity contribution < 1.29 is 5.11 Å². The number of nitrogens with two attached hydrogens (primary N) is 1. The Bertz CT molecular complexity index is 499. The van der Waals surface area contributed by atoms with Gasteiger partial charge in [-0.1, -0.05) is 6.92 Å². The van der Waals surface area contributed by atoms with E-state index in [0.717, 1.165) is 11.3 Å². The van der Waals surface area contributed by atoms with Crippen LogP contribution in [0.15, 0.2) is 36.8 Å². The van der Waals surface area contributed by atoms with Crippen molar-refractivity contribution in [2.24, 2.45) is 5.73 Å². The molecule has 0 aliphatic carbocycles. The van der Waals surface area contributed by atoms with Crippen LogP contribution in [0.5, 0.6) is 0 Å². The Kier molecular flexibility index (Phi) is 3.12. The number of nitrogens with zero attached hydrogens (tertiary/aromatic N) is 3. The first-order valence-corrected chi connectivity index (χ1v) is 5.38. The Labute approximate surface area is 99.4 Å². The first kappa shape index (κ1) is 11.6. The minimum atomic E-state index is -1.48. The maximum Gasteiger partial charge on any atom is 0.175 e. The van der Waals surface area contributed by atoms with Gasteiger partial charge < -0.3 is 5.11 Å². The van der Waals surface area contributed by atoms with E-state index in [-0.39, 0.29) is 5.82 Å². The minimum absolute atomic E-state index is 0.231. The molecule has 0 saturated heterocycles. The van der Waals surface area contributed by atoms with Gasteiger partial charge in [0.1, 0.15) is 0 Å². The molecule has 1 unspecified atom stereocenters. The molecule has 0 radical (unpaired) electrons. The van der Waals surface area contributed by atoms with Crippen molar-refractivity contribution in [3.63, 3.8) is 0 Å². The van der Waals surface area contributed by atoms with Crippen molar-refractivity contribution in [1.82, 2.24) is 15.0 Å². The molecular weight excluding hydrogens is 216 g/mol. The first-order chi connectivity index (χ1) is 8.13. The van der Waals surface area contributed by atoms with E-state index in [1.807, 2.05) is 12.1 Å². The van der Waals surface area contributed by atoms with E-state index in [1.165, 1.54) is 0 Å². The van der Waals surface area contributed by atoms with Crippen molar-refractivity contribution in [1.29, 1.82) is 0 Å². The van der Waals surface area contributed by atoms with Gasteiger partial charge in [-0.25, -0.2) is 9.97 Å². The third-order valence-electron chi connectivity index (χ3n) is 2.56. The molecule has 0 spiro atoms. The average molecular weight is 230 g/mol. The van der Waals surface area contributed by atoms with Crippen LogP contribution >= 0.6 is 0 Å². The highest BCUT2D eigenvalue weighted by Crippen LogP contribution is 2.19. The lowest BCUT2D eigenvalue weighted by atomic mass is 10.1. The summed E-state index contributed by atoms with van der Waals surface area (Å²) in [6.07, 6.45) is 5.32. The Hall–Kier alpha value is -1.85. The molecule has 0 fully saturated rings. The predicted octanol–water partition coefficient (Wildman–Crippen LogP) is 1.05. The second-order valence-corrected chi connectivity index (χ2v) is 3.78. The molecule has 5 heteroatoms. The molecule has 0 amide bonds. The lowest BCUT2D eigenvalue weighted by Gasteiger charge is -2.19. The fourth-order valence-corrected chi connectivity index (χ4v) is 1.41. The summed E-state index contributed by atoms with van der Waals surface area (Å²) in [5.74, 6) is 0.231. The van der Waals surface area contributed by atoms with E-state index in [1.54, 1.807) is 31.6 Å². The van der Waals surface area contributed by atoms with Gasteiger partial charge in [-0.3, -0.25) is 10.7 Å². The van der Waals surface area contributed by atoms with E-state index in [9.17, 15) is 5.11 Å². The largest absolute Gasteiger partial charge is 0.369 e. The van der Waals surface area contributed by atoms with Crippen molar-refractivity contribution in [2.45, 2.75) is 19.1 Å². The Balaban J connectivity index is 2.42. The van der Waals surface area contributed by atoms with Crippen LogP contribution in [-0.2, 0) is 5.72 Å². The van der Waals surface area contributed by atoms with E-state index in [2.05, 4.69) is 15.0 Å². The van der Waals surface area contributed by atoms with Gasteiger partial charge in [0.25, 0.3) is 0 Å². The molecule has 2 aromatic rings. The number of rotatable bonds is 3. The molecule has 3 N–H and O–H groups in total. The van der Waals surface area contributed by atoms with Gasteiger partial charge in [0.05, 0.1) is 5.69 Å². The molecule has 2 rings (SSSR count). The third-order valence-corrected chi connectivity index (χ3v) is 2.56. The lowest BCUT2D eigenvalue weighted by Crippen LogP contribution is -2.37. The zero-order valence-corrected chi connectivity index (χ0v) is 9.54. The molecule has 0 aliphatic rings. The fraction of sp³-hybridized carbons (Fsp3) is 0.250. The number of hydrogen-bond acceptors (Lipinski definition) is 5. The summed E-state index contributed by atoms with van der Waals surface area (Å²) in [5.41, 5.74) is 5.85. The topological polar surface area (TPSA) is 84.9 Å². The zero-order valence-electron chi connectivity index (χ0n) is 9.54. The summed E-state index contributed by atoms with van der Waals surface area (Å²) in [4.78, 5) is 12.2. The Morgan fingerprint density at radius 1 is 1.24 bits per heavy atom. The van der Waals surface area contributed by atoms with E-state index < -0.39 is 5.72 Å². The molecule has 0 bridgehead atoms. The van der Waals surface area contributed by atoms with Crippen LogP contribution < -0.4 is 5.73 Å². The smallest absolute Gasteiger partial charge is 0.175 e. The molecule has 5 nitrogen and oxygen atoms in total. The summed E-state index contributed by atoms with van der Waals surface area (Å²) < 4.78 is 0. The summed E-state index contributed by atoms with van der Waals surface area (Å²) in [7, 11) is 0. The summed E-state index contributed by atoms with van der Waals surface area (Å²) in [5, 5.41) is 9.91. The SMILES string of the molecule is CCC(N)(O)c1nccc(-c2ccncc2)n1. The zero-order chi connectivity index (χ0) is 12.3. The van der Waals surface area contributed by atoms with E-state index in [4.69, 9.17) is 5.73 Å². The first-order valence-electron chi connectivity index (χ1n) is 5.38. The number of aromatic nitrogens is 3. The molecule has 17 heavy (non-hydrogen) atoms. The van der Waals surface area contributed by atoms with Gasteiger partial charge in [0.2, 0.25) is 0 Å². The lowest BCUT2D eigenvalue weighted by molar-refractivity contribution is 0.0302. The summed E-state index contributed by atoms with van der Waals surface area (Å²) in [6, 6.07) is 5.45. The molecular formula is C12H14N4O. The Morgan fingerprint density at radius 3 is 2.59 bits per heavy atom. The molecule has 88 valence electrons. The standard InChI is InChI=1S/C12H14N4O/c1-2-12(13,17)11-15-8-5-10(16-11)9-3-6-14-7-4-9/h3-8,17H,2,13H2,1H3. The van der Waals surface area contributed by atoms with Crippen molar-refractivity contribution >= 4 is 0 Å². The maximum atomic E-state index is 9.91. The van der Waals surface area contributed by atoms with Crippen LogP contribution in [0.2, 0.25) is 0 Å². The highest BCUT2D eigenvalue weighted by molar-refractivity contribution is 5.57. The van der Waals surface area contributed by atoms with Gasteiger partial charge >= 0.3 is 0 Å². The predicted molar refractivity (Wildman–Crippen MR) is 63.6 cm³/mol. The Morgan fingerprint density at radius 2 is 1.94 bits per heavy atom. The normalized spacial score (nSPS) is 14.3. The molecule has 0 aliphatic heterocycles. The minimum Gasteiger partial charge on any atom is -0.369 e. The average Bonchev–Trinajstić information content (AvgIpc) is 2.40. The number of hydrogen-bond donors (Lipinski definition) is 2. The van der Waals surface area contributed by atoms with Gasteiger partial charge in [-0.05, 0) is 24.6 Å². The van der Waals surface area contributed by atoms with Crippen LogP contribution in [0.4, 0.5) is 0 Å². The molecule has 0 saturated carbocycles. The summed E-state index contributed by atoms with van der Waals surface area (Å²) >= 11 is 0. The highest BCUT2D eigenvalue weighted by atomic mass is 16.3. The second kappa shape index (κ2) is 4.57. The van der Waals surface area contributed by atoms with Crippen LogP contribution in [0.25, 0.3) is 11.3 Å². The molecule has 2 aromatic heterocycles. The second-order valence-electron chi connectivity index (χ2n) is 3.78. The fourth-order valence-electron chi connectivity index (χ4n) is 1.41. The van der Waals surface area contributed by atoms with Crippen LogP contribution in [0.3, 0.4) is 0 Å².